The van der Waals surface area contributed by atoms with Crippen molar-refractivity contribution in [2.75, 3.05) is 7.11 Å². The fourth-order valence-electron chi connectivity index (χ4n) is 2.29. The van der Waals surface area contributed by atoms with Crippen LogP contribution in [0.5, 0.6) is 0 Å². The van der Waals surface area contributed by atoms with Crippen LogP contribution in [0.25, 0.3) is 0 Å². The molecule has 2 rings (SSSR count). The molecule has 19 heavy (non-hydrogen) atoms. The van der Waals surface area contributed by atoms with Gasteiger partial charge >= 0.3 is 5.97 Å². The fraction of sp³-hybridized carbons (Fsp3) is 0.385. The van der Waals surface area contributed by atoms with Gasteiger partial charge in [0.05, 0.1) is 12.7 Å². The molecule has 0 radical (unpaired) electrons. The van der Waals surface area contributed by atoms with Crippen LogP contribution in [-0.4, -0.2) is 18.1 Å². The van der Waals surface area contributed by atoms with E-state index in [1.807, 2.05) is 0 Å². The average Bonchev–Trinajstić information content (AvgIpc) is 2.46. The highest BCUT2D eigenvalue weighted by molar-refractivity contribution is 14.1. The molecule has 0 aliphatic heterocycles. The molecule has 1 heterocycles. The molecule has 1 aromatic rings. The third-order valence-corrected chi connectivity index (χ3v) is 3.79. The van der Waals surface area contributed by atoms with Crippen LogP contribution in [0.4, 0.5) is 4.39 Å². The second-order valence-electron chi connectivity index (χ2n) is 4.29. The molecule has 1 atom stereocenters. The van der Waals surface area contributed by atoms with E-state index in [0.29, 0.717) is 29.7 Å². The average molecular weight is 377 g/mol. The van der Waals surface area contributed by atoms with E-state index in [2.05, 4.69) is 4.98 Å². The molecule has 1 unspecified atom stereocenters. The maximum atomic E-state index is 13.7. The largest absolute Gasteiger partial charge is 0.466 e. The second kappa shape index (κ2) is 6.31. The summed E-state index contributed by atoms with van der Waals surface area (Å²) in [5, 5.41) is 0. The maximum absolute atomic E-state index is 13.7. The van der Waals surface area contributed by atoms with Crippen LogP contribution in [0.2, 0.25) is 0 Å². The minimum absolute atomic E-state index is 0.0712. The van der Waals surface area contributed by atoms with Crippen molar-refractivity contribution in [2.45, 2.75) is 25.2 Å². The van der Waals surface area contributed by atoms with Gasteiger partial charge in [0.1, 0.15) is 5.76 Å². The van der Waals surface area contributed by atoms with Gasteiger partial charge in [-0.1, -0.05) is 6.07 Å². The predicted molar refractivity (Wildman–Crippen MR) is 74.9 cm³/mol. The number of hydrogen-bond acceptors (Lipinski definition) is 4. The van der Waals surface area contributed by atoms with Gasteiger partial charge in [-0.2, -0.15) is 4.39 Å². The van der Waals surface area contributed by atoms with Crippen LogP contribution in [0.3, 0.4) is 0 Å². The number of nitrogens with zero attached hydrogens (tertiary/aromatic N) is 1. The van der Waals surface area contributed by atoms with Crippen molar-refractivity contribution >= 4 is 29.0 Å². The molecule has 6 heteroatoms. The first-order valence-electron chi connectivity index (χ1n) is 5.86. The minimum Gasteiger partial charge on any atom is -0.466 e. The van der Waals surface area contributed by atoms with E-state index in [1.165, 1.54) is 13.3 Å². The van der Waals surface area contributed by atoms with E-state index in [1.54, 1.807) is 35.1 Å². The van der Waals surface area contributed by atoms with Gasteiger partial charge in [0.25, 0.3) is 0 Å². The van der Waals surface area contributed by atoms with Gasteiger partial charge in [-0.3, -0.25) is 0 Å². The molecular weight excluding hydrogens is 364 g/mol. The van der Waals surface area contributed by atoms with E-state index in [9.17, 15) is 9.18 Å². The van der Waals surface area contributed by atoms with Gasteiger partial charge in [-0.25, -0.2) is 9.78 Å². The predicted octanol–water partition coefficient (Wildman–Crippen LogP) is 3.28. The van der Waals surface area contributed by atoms with Crippen molar-refractivity contribution in [1.29, 1.82) is 0 Å². The Morgan fingerprint density at radius 2 is 2.37 bits per heavy atom. The molecule has 0 saturated carbocycles. The number of rotatable bonds is 3. The lowest BCUT2D eigenvalue weighted by atomic mass is 9.83. The Labute approximate surface area is 124 Å². The normalized spacial score (nSPS) is 19.2. The van der Waals surface area contributed by atoms with Crippen LogP contribution in [0, 0.1) is 5.95 Å². The first-order valence-corrected chi connectivity index (χ1v) is 6.74. The molecule has 0 fully saturated rings. The summed E-state index contributed by atoms with van der Waals surface area (Å²) < 4.78 is 23.6. The number of carbonyl (C=O) groups is 1. The third-order valence-electron chi connectivity index (χ3n) is 3.26. The lowest BCUT2D eigenvalue weighted by Crippen LogP contribution is -2.17. The number of pyridine rings is 1. The van der Waals surface area contributed by atoms with Gasteiger partial charge in [0.2, 0.25) is 5.95 Å². The Bertz CT molecular complexity index is 518. The third kappa shape index (κ3) is 3.05. The van der Waals surface area contributed by atoms with Crippen LogP contribution in [0.1, 0.15) is 30.7 Å². The molecule has 0 N–H and O–H groups in total. The molecule has 1 aliphatic rings. The maximum Gasteiger partial charge on any atom is 0.337 e. The van der Waals surface area contributed by atoms with Gasteiger partial charge in [0.15, 0.2) is 23.0 Å². The lowest BCUT2D eigenvalue weighted by molar-refractivity contribution is -0.136. The fourth-order valence-corrected chi connectivity index (χ4v) is 2.78. The molecule has 0 bridgehead atoms. The summed E-state index contributed by atoms with van der Waals surface area (Å²) in [7, 11) is 1.33. The van der Waals surface area contributed by atoms with Crippen LogP contribution in [-0.2, 0) is 12.6 Å². The first-order chi connectivity index (χ1) is 9.17. The molecule has 1 aromatic heterocycles. The Morgan fingerprint density at radius 1 is 1.58 bits per heavy atom. The Kier molecular flexibility index (Phi) is 4.73. The first kappa shape index (κ1) is 14.2. The van der Waals surface area contributed by atoms with Crippen molar-refractivity contribution in [2.24, 2.45) is 0 Å². The summed E-state index contributed by atoms with van der Waals surface area (Å²) in [6, 6.07) is 3.40. The van der Waals surface area contributed by atoms with Crippen LogP contribution < -0.4 is 0 Å². The zero-order valence-corrected chi connectivity index (χ0v) is 12.5. The van der Waals surface area contributed by atoms with E-state index in [4.69, 9.17) is 7.80 Å². The number of aromatic nitrogens is 1. The molecule has 0 spiro atoms. The number of hydrogen-bond donors (Lipinski definition) is 0. The van der Waals surface area contributed by atoms with Crippen LogP contribution >= 0.6 is 23.0 Å². The number of ether oxygens (including phenoxy) is 1. The molecule has 1 aliphatic carbocycles. The highest BCUT2D eigenvalue weighted by atomic mass is 127. The standard InChI is InChI=1S/C13H13FINO3/c1-18-13(17)10-7-8(4-5-11(10)19-15)9-3-2-6-16-12(9)14/h2-3,6,8H,4-5,7H2,1H3. The summed E-state index contributed by atoms with van der Waals surface area (Å²) >= 11 is 1.75. The van der Waals surface area contributed by atoms with E-state index in [0.717, 1.165) is 6.42 Å². The van der Waals surface area contributed by atoms with E-state index >= 15 is 0 Å². The van der Waals surface area contributed by atoms with E-state index in [-0.39, 0.29) is 5.92 Å². The number of esters is 1. The van der Waals surface area contributed by atoms with Gasteiger partial charge in [0, 0.05) is 18.2 Å². The monoisotopic (exact) mass is 377 g/mol. The Morgan fingerprint density at radius 3 is 3.00 bits per heavy atom. The van der Waals surface area contributed by atoms with Gasteiger partial charge in [-0.15, -0.1) is 0 Å². The SMILES string of the molecule is COC(=O)C1=C(OI)CCC(c2cccnc2F)C1. The van der Waals surface area contributed by atoms with E-state index < -0.39 is 11.9 Å². The number of carbonyl (C=O) groups excluding carboxylic acids is 1. The van der Waals surface area contributed by atoms with Gasteiger partial charge < -0.3 is 7.80 Å². The molecule has 0 aromatic carbocycles. The second-order valence-corrected chi connectivity index (χ2v) is 4.73. The summed E-state index contributed by atoms with van der Waals surface area (Å²) in [5.41, 5.74) is 1.02. The molecule has 0 saturated heterocycles. The number of methoxy groups -OCH3 is 1. The Hall–Kier alpha value is -1.18. The zero-order valence-electron chi connectivity index (χ0n) is 10.4. The van der Waals surface area contributed by atoms with Crippen LogP contribution in [0.15, 0.2) is 29.7 Å². The number of halogens is 2. The molecule has 0 amide bonds. The van der Waals surface area contributed by atoms with Crippen molar-refractivity contribution in [1.82, 2.24) is 4.98 Å². The Balaban J connectivity index is 2.28. The highest BCUT2D eigenvalue weighted by Gasteiger charge is 2.29. The highest BCUT2D eigenvalue weighted by Crippen LogP contribution is 2.38. The smallest absolute Gasteiger partial charge is 0.337 e. The molecule has 102 valence electrons. The zero-order chi connectivity index (χ0) is 13.8. The number of allylic oxidation sites excluding steroid dienone is 1. The van der Waals surface area contributed by atoms with Gasteiger partial charge in [-0.05, 0) is 24.8 Å². The summed E-state index contributed by atoms with van der Waals surface area (Å²) in [6.45, 7) is 0. The molecule has 4 nitrogen and oxygen atoms in total. The van der Waals surface area contributed by atoms with Crippen molar-refractivity contribution in [3.63, 3.8) is 0 Å². The van der Waals surface area contributed by atoms with Crippen molar-refractivity contribution in [3.05, 3.63) is 41.2 Å². The van der Waals surface area contributed by atoms with Crippen molar-refractivity contribution < 1.29 is 17.0 Å². The minimum atomic E-state index is -0.476. The summed E-state index contributed by atoms with van der Waals surface area (Å²) in [4.78, 5) is 15.4. The van der Waals surface area contributed by atoms with Crippen molar-refractivity contribution in [3.8, 4) is 0 Å². The quantitative estimate of drug-likeness (QED) is 0.461. The molecular formula is C13H13FINO3. The lowest BCUT2D eigenvalue weighted by Gasteiger charge is -2.24. The summed E-state index contributed by atoms with van der Waals surface area (Å²) in [5.74, 6) is -0.345. The summed E-state index contributed by atoms with van der Waals surface area (Å²) in [6.07, 6.45) is 3.14. The topological polar surface area (TPSA) is 48.4 Å².